The third-order valence-corrected chi connectivity index (χ3v) is 3.91. The van der Waals surface area contributed by atoms with Gasteiger partial charge in [0.15, 0.2) is 11.6 Å². The summed E-state index contributed by atoms with van der Waals surface area (Å²) in [5.41, 5.74) is 2.38. The predicted octanol–water partition coefficient (Wildman–Crippen LogP) is 3.12. The fraction of sp³-hybridized carbons (Fsp3) is 0.438. The van der Waals surface area contributed by atoms with Crippen LogP contribution in [0.1, 0.15) is 37.1 Å². The van der Waals surface area contributed by atoms with Crippen LogP contribution >= 0.6 is 0 Å². The zero-order valence-electron chi connectivity index (χ0n) is 12.4. The third-order valence-electron chi connectivity index (χ3n) is 3.91. The van der Waals surface area contributed by atoms with Gasteiger partial charge in [0.25, 0.3) is 0 Å². The number of rotatable bonds is 5. The van der Waals surface area contributed by atoms with Crippen molar-refractivity contribution in [1.29, 1.82) is 0 Å². The van der Waals surface area contributed by atoms with Crippen LogP contribution in [0.25, 0.3) is 0 Å². The molecular weight excluding hydrogens is 288 g/mol. The predicted molar refractivity (Wildman–Crippen MR) is 78.7 cm³/mol. The van der Waals surface area contributed by atoms with Crippen molar-refractivity contribution in [2.75, 3.05) is 6.61 Å². The zero-order chi connectivity index (χ0) is 15.5. The maximum absolute atomic E-state index is 13.5. The van der Waals surface area contributed by atoms with E-state index in [1.807, 2.05) is 13.1 Å². The minimum Gasteiger partial charge on any atom is -0.489 e. The van der Waals surface area contributed by atoms with E-state index in [0.717, 1.165) is 31.0 Å². The van der Waals surface area contributed by atoms with E-state index in [9.17, 15) is 8.78 Å². The second-order valence-corrected chi connectivity index (χ2v) is 5.71. The minimum atomic E-state index is -0.680. The van der Waals surface area contributed by atoms with Crippen molar-refractivity contribution in [2.45, 2.75) is 38.3 Å². The lowest BCUT2D eigenvalue weighted by Crippen LogP contribution is -2.36. The molecule has 0 saturated heterocycles. The lowest BCUT2D eigenvalue weighted by Gasteiger charge is -2.26. The number of benzene rings is 1. The molecule has 118 valence electrons. The molecule has 0 bridgehead atoms. The standard InChI is InChI=1S/C16H19F2N3O/c1-10(9-22-15-6-5-12(17)7-13(15)18)20-14-4-2-3-11-8-19-21-16(11)14/h5-8,10,14,20H,2-4,9H2,1H3,(H,19,21). The number of fused-ring (bicyclic) bond motifs is 1. The van der Waals surface area contributed by atoms with Gasteiger partial charge in [0.1, 0.15) is 12.4 Å². The van der Waals surface area contributed by atoms with Gasteiger partial charge in [-0.05, 0) is 43.9 Å². The maximum atomic E-state index is 13.5. The highest BCUT2D eigenvalue weighted by atomic mass is 19.1. The van der Waals surface area contributed by atoms with Gasteiger partial charge in [0, 0.05) is 18.2 Å². The second-order valence-electron chi connectivity index (χ2n) is 5.71. The lowest BCUT2D eigenvalue weighted by molar-refractivity contribution is 0.245. The Kier molecular flexibility index (Phi) is 4.38. The molecule has 0 spiro atoms. The first-order valence-electron chi connectivity index (χ1n) is 7.49. The molecule has 0 fully saturated rings. The molecule has 2 N–H and O–H groups in total. The van der Waals surface area contributed by atoms with Gasteiger partial charge >= 0.3 is 0 Å². The first kappa shape index (κ1) is 15.0. The van der Waals surface area contributed by atoms with Gasteiger partial charge in [-0.3, -0.25) is 5.10 Å². The molecule has 1 heterocycles. The molecule has 2 atom stereocenters. The minimum absolute atomic E-state index is 0.0312. The van der Waals surface area contributed by atoms with Gasteiger partial charge in [-0.2, -0.15) is 5.10 Å². The van der Waals surface area contributed by atoms with E-state index in [2.05, 4.69) is 15.5 Å². The van der Waals surface area contributed by atoms with Crippen LogP contribution in [0.5, 0.6) is 5.75 Å². The van der Waals surface area contributed by atoms with Crippen LogP contribution in [-0.2, 0) is 6.42 Å². The lowest BCUT2D eigenvalue weighted by atomic mass is 9.93. The molecule has 0 radical (unpaired) electrons. The average Bonchev–Trinajstić information content (AvgIpc) is 2.96. The van der Waals surface area contributed by atoms with Crippen LogP contribution < -0.4 is 10.1 Å². The Morgan fingerprint density at radius 2 is 2.32 bits per heavy atom. The Labute approximate surface area is 127 Å². The van der Waals surface area contributed by atoms with Gasteiger partial charge in [0.05, 0.1) is 11.9 Å². The Bertz CT molecular complexity index is 644. The summed E-state index contributed by atoms with van der Waals surface area (Å²) in [7, 11) is 0. The molecule has 1 aromatic heterocycles. The molecule has 1 aromatic carbocycles. The van der Waals surface area contributed by atoms with Crippen LogP contribution in [0.15, 0.2) is 24.4 Å². The zero-order valence-corrected chi connectivity index (χ0v) is 12.4. The monoisotopic (exact) mass is 307 g/mol. The van der Waals surface area contributed by atoms with E-state index in [4.69, 9.17) is 4.74 Å². The fourth-order valence-corrected chi connectivity index (χ4v) is 2.83. The number of halogens is 2. The summed E-state index contributed by atoms with van der Waals surface area (Å²) >= 11 is 0. The number of aromatic nitrogens is 2. The largest absolute Gasteiger partial charge is 0.489 e. The Morgan fingerprint density at radius 3 is 3.14 bits per heavy atom. The van der Waals surface area contributed by atoms with Gasteiger partial charge in [0.2, 0.25) is 0 Å². The van der Waals surface area contributed by atoms with Crippen molar-refractivity contribution < 1.29 is 13.5 Å². The van der Waals surface area contributed by atoms with E-state index < -0.39 is 11.6 Å². The third kappa shape index (κ3) is 3.27. The molecule has 0 amide bonds. The van der Waals surface area contributed by atoms with Crippen molar-refractivity contribution in [2.24, 2.45) is 0 Å². The van der Waals surface area contributed by atoms with E-state index in [-0.39, 0.29) is 17.8 Å². The number of aryl methyl sites for hydroxylation is 1. The molecule has 0 saturated carbocycles. The highest BCUT2D eigenvalue weighted by Crippen LogP contribution is 2.28. The molecule has 6 heteroatoms. The number of H-pyrrole nitrogens is 1. The average molecular weight is 307 g/mol. The summed E-state index contributed by atoms with van der Waals surface area (Å²) in [4.78, 5) is 0. The molecule has 3 rings (SSSR count). The Morgan fingerprint density at radius 1 is 1.45 bits per heavy atom. The van der Waals surface area contributed by atoms with Crippen molar-refractivity contribution in [3.63, 3.8) is 0 Å². The van der Waals surface area contributed by atoms with Crippen LogP contribution in [0, 0.1) is 11.6 Å². The van der Waals surface area contributed by atoms with Crippen LogP contribution in [0.3, 0.4) is 0 Å². The summed E-state index contributed by atoms with van der Waals surface area (Å²) in [5, 5.41) is 10.6. The number of hydrogen-bond acceptors (Lipinski definition) is 3. The molecule has 1 aliphatic carbocycles. The molecule has 2 aromatic rings. The second kappa shape index (κ2) is 6.44. The number of nitrogens with one attached hydrogen (secondary N) is 2. The van der Waals surface area contributed by atoms with E-state index >= 15 is 0 Å². The Hall–Kier alpha value is -1.95. The highest BCUT2D eigenvalue weighted by molar-refractivity contribution is 5.25. The summed E-state index contributed by atoms with van der Waals surface area (Å²) in [6.07, 6.45) is 5.07. The van der Waals surface area contributed by atoms with Crippen molar-refractivity contribution in [3.8, 4) is 5.75 Å². The smallest absolute Gasteiger partial charge is 0.167 e. The normalized spacial score (nSPS) is 18.8. The van der Waals surface area contributed by atoms with E-state index in [1.54, 1.807) is 0 Å². The van der Waals surface area contributed by atoms with Crippen molar-refractivity contribution in [1.82, 2.24) is 15.5 Å². The topological polar surface area (TPSA) is 49.9 Å². The first-order valence-corrected chi connectivity index (χ1v) is 7.49. The maximum Gasteiger partial charge on any atom is 0.167 e. The van der Waals surface area contributed by atoms with E-state index in [0.29, 0.717) is 6.61 Å². The van der Waals surface area contributed by atoms with Crippen LogP contribution in [0.2, 0.25) is 0 Å². The number of hydrogen-bond donors (Lipinski definition) is 2. The van der Waals surface area contributed by atoms with Gasteiger partial charge in [-0.25, -0.2) is 8.78 Å². The van der Waals surface area contributed by atoms with Crippen LogP contribution in [-0.4, -0.2) is 22.8 Å². The fourth-order valence-electron chi connectivity index (χ4n) is 2.83. The number of aromatic amines is 1. The Balaban J connectivity index is 1.56. The van der Waals surface area contributed by atoms with Gasteiger partial charge in [-0.1, -0.05) is 0 Å². The summed E-state index contributed by atoms with van der Waals surface area (Å²) in [5.74, 6) is -1.22. The highest BCUT2D eigenvalue weighted by Gasteiger charge is 2.23. The summed E-state index contributed by atoms with van der Waals surface area (Å²) in [6, 6.07) is 3.57. The SMILES string of the molecule is CC(COc1ccc(F)cc1F)NC1CCCc2cn[nH]c21. The van der Waals surface area contributed by atoms with Crippen LogP contribution in [0.4, 0.5) is 8.78 Å². The van der Waals surface area contributed by atoms with Gasteiger partial charge in [-0.15, -0.1) is 0 Å². The molecule has 2 unspecified atom stereocenters. The number of nitrogens with zero attached hydrogens (tertiary/aromatic N) is 1. The molecule has 4 nitrogen and oxygen atoms in total. The van der Waals surface area contributed by atoms with E-state index in [1.165, 1.54) is 17.7 Å². The molecular formula is C16H19F2N3O. The number of ether oxygens (including phenoxy) is 1. The summed E-state index contributed by atoms with van der Waals surface area (Å²) in [6.45, 7) is 2.29. The molecule has 0 aliphatic heterocycles. The quantitative estimate of drug-likeness (QED) is 0.892. The molecule has 22 heavy (non-hydrogen) atoms. The van der Waals surface area contributed by atoms with Gasteiger partial charge < -0.3 is 10.1 Å². The molecule has 1 aliphatic rings. The van der Waals surface area contributed by atoms with Crippen molar-refractivity contribution in [3.05, 3.63) is 47.3 Å². The van der Waals surface area contributed by atoms with Crippen molar-refractivity contribution >= 4 is 0 Å². The summed E-state index contributed by atoms with van der Waals surface area (Å²) < 4.78 is 31.8. The first-order chi connectivity index (χ1) is 10.6.